The Morgan fingerprint density at radius 1 is 1.27 bits per heavy atom. The summed E-state index contributed by atoms with van der Waals surface area (Å²) >= 11 is 0. The Hall–Kier alpha value is -2.48. The molecule has 2 unspecified atom stereocenters. The van der Waals surface area contributed by atoms with Crippen LogP contribution in [0.2, 0.25) is 0 Å². The molecule has 2 atom stereocenters. The number of piperidine rings is 1. The van der Waals surface area contributed by atoms with E-state index in [0.29, 0.717) is 28.9 Å². The first kappa shape index (κ1) is 17.0. The molecule has 1 aromatic carbocycles. The van der Waals surface area contributed by atoms with E-state index in [9.17, 15) is 13.6 Å². The number of ether oxygens (including phenoxy) is 1. The van der Waals surface area contributed by atoms with Crippen molar-refractivity contribution < 1.29 is 18.3 Å². The Balaban J connectivity index is 1.50. The zero-order chi connectivity index (χ0) is 18.1. The largest absolute Gasteiger partial charge is 0.435 e. The van der Waals surface area contributed by atoms with Gasteiger partial charge in [0.1, 0.15) is 5.75 Å². The summed E-state index contributed by atoms with van der Waals surface area (Å²) < 4.78 is 29.3. The molecule has 8 heteroatoms. The second kappa shape index (κ2) is 7.03. The number of aromatic nitrogens is 2. The van der Waals surface area contributed by atoms with Gasteiger partial charge in [0.15, 0.2) is 0 Å². The van der Waals surface area contributed by atoms with E-state index in [-0.39, 0.29) is 17.7 Å². The third-order valence-electron chi connectivity index (χ3n) is 5.04. The highest BCUT2D eigenvalue weighted by atomic mass is 19.3. The first-order valence-corrected chi connectivity index (χ1v) is 8.74. The van der Waals surface area contributed by atoms with Crippen LogP contribution in [0.3, 0.4) is 0 Å². The molecule has 138 valence electrons. The number of benzene rings is 1. The number of carbonyl (C=O) groups excluding carboxylic acids is 1. The van der Waals surface area contributed by atoms with E-state index in [1.165, 1.54) is 18.3 Å². The van der Waals surface area contributed by atoms with Crippen molar-refractivity contribution in [3.05, 3.63) is 36.0 Å². The molecule has 2 aromatic rings. The summed E-state index contributed by atoms with van der Waals surface area (Å²) in [5.41, 5.74) is 1.44. The van der Waals surface area contributed by atoms with Crippen LogP contribution in [0.1, 0.15) is 36.0 Å². The lowest BCUT2D eigenvalue weighted by molar-refractivity contribution is -0.0498. The van der Waals surface area contributed by atoms with Crippen LogP contribution in [0.5, 0.6) is 5.75 Å². The molecule has 2 fully saturated rings. The van der Waals surface area contributed by atoms with E-state index in [4.69, 9.17) is 0 Å². The molecular formula is C18H20F2N4O2. The molecule has 0 spiro atoms. The monoisotopic (exact) mass is 362 g/mol. The number of alkyl halides is 2. The molecule has 2 aliphatic heterocycles. The van der Waals surface area contributed by atoms with Gasteiger partial charge in [0.05, 0.1) is 17.5 Å². The molecule has 0 saturated carbocycles. The average molecular weight is 362 g/mol. The molecule has 2 bridgehead atoms. The third kappa shape index (κ3) is 3.55. The Morgan fingerprint density at radius 3 is 2.77 bits per heavy atom. The van der Waals surface area contributed by atoms with Gasteiger partial charge in [-0.25, -0.2) is 0 Å². The van der Waals surface area contributed by atoms with Crippen LogP contribution in [0.15, 0.2) is 30.5 Å². The zero-order valence-corrected chi connectivity index (χ0v) is 14.0. The van der Waals surface area contributed by atoms with Gasteiger partial charge < -0.3 is 15.4 Å². The Morgan fingerprint density at radius 2 is 2.04 bits per heavy atom. The summed E-state index contributed by atoms with van der Waals surface area (Å²) in [5.74, 6) is -0.173. The number of halogens is 2. The standard InChI is InChI=1S/C18H20F2N4O2/c19-18(20)26-14-3-1-2-10(6-14)16-15(9-21-24-16)17(25)23-13-7-11-4-5-12(8-13)22-11/h1-3,6,9,11-13,18,22H,4-5,7-8H2,(H,21,24)(H,23,25). The van der Waals surface area contributed by atoms with E-state index < -0.39 is 6.61 Å². The van der Waals surface area contributed by atoms with Gasteiger partial charge >= 0.3 is 6.61 Å². The molecule has 3 heterocycles. The lowest BCUT2D eigenvalue weighted by Crippen LogP contribution is -2.48. The SMILES string of the molecule is O=C(NC1CC2CCC(C1)N2)c1cn[nH]c1-c1cccc(OC(F)F)c1. The molecule has 3 N–H and O–H groups in total. The van der Waals surface area contributed by atoms with Crippen LogP contribution in [-0.4, -0.2) is 40.8 Å². The molecule has 0 aliphatic carbocycles. The molecular weight excluding hydrogens is 342 g/mol. The van der Waals surface area contributed by atoms with E-state index >= 15 is 0 Å². The van der Waals surface area contributed by atoms with Gasteiger partial charge in [0.25, 0.3) is 5.91 Å². The predicted molar refractivity (Wildman–Crippen MR) is 91.1 cm³/mol. The Bertz CT molecular complexity index is 783. The first-order valence-electron chi connectivity index (χ1n) is 8.74. The van der Waals surface area contributed by atoms with Gasteiger partial charge in [-0.1, -0.05) is 12.1 Å². The molecule has 2 saturated heterocycles. The number of nitrogens with one attached hydrogen (secondary N) is 3. The van der Waals surface area contributed by atoms with Gasteiger partial charge in [-0.2, -0.15) is 13.9 Å². The molecule has 1 aromatic heterocycles. The Labute approximate surface area is 149 Å². The molecule has 26 heavy (non-hydrogen) atoms. The van der Waals surface area contributed by atoms with Crippen molar-refractivity contribution >= 4 is 5.91 Å². The summed E-state index contributed by atoms with van der Waals surface area (Å²) in [6.07, 6.45) is 5.62. The number of rotatable bonds is 5. The lowest BCUT2D eigenvalue weighted by atomic mass is 9.99. The quantitative estimate of drug-likeness (QED) is 0.764. The van der Waals surface area contributed by atoms with Crippen LogP contribution in [0.4, 0.5) is 8.78 Å². The highest BCUT2D eigenvalue weighted by Crippen LogP contribution is 2.28. The summed E-state index contributed by atoms with van der Waals surface area (Å²) in [6, 6.07) is 7.31. The maximum atomic E-state index is 12.7. The van der Waals surface area contributed by atoms with Gasteiger partial charge in [-0.3, -0.25) is 9.89 Å². The summed E-state index contributed by atoms with van der Waals surface area (Å²) in [7, 11) is 0. The van der Waals surface area contributed by atoms with Gasteiger partial charge in [0, 0.05) is 23.7 Å². The number of nitrogens with zero attached hydrogens (tertiary/aromatic N) is 1. The number of H-pyrrole nitrogens is 1. The van der Waals surface area contributed by atoms with Crippen molar-refractivity contribution in [3.63, 3.8) is 0 Å². The van der Waals surface area contributed by atoms with Crippen molar-refractivity contribution in [3.8, 4) is 17.0 Å². The smallest absolute Gasteiger partial charge is 0.387 e. The number of amides is 1. The highest BCUT2D eigenvalue weighted by molar-refractivity contribution is 6.00. The minimum Gasteiger partial charge on any atom is -0.435 e. The predicted octanol–water partition coefficient (Wildman–Crippen LogP) is 2.69. The fourth-order valence-corrected chi connectivity index (χ4v) is 3.94. The Kier molecular flexibility index (Phi) is 4.58. The lowest BCUT2D eigenvalue weighted by Gasteiger charge is -2.29. The molecule has 1 amide bonds. The highest BCUT2D eigenvalue weighted by Gasteiger charge is 2.34. The van der Waals surface area contributed by atoms with E-state index in [0.717, 1.165) is 25.7 Å². The number of hydrogen-bond acceptors (Lipinski definition) is 4. The van der Waals surface area contributed by atoms with Crippen molar-refractivity contribution in [2.45, 2.75) is 50.4 Å². The third-order valence-corrected chi connectivity index (χ3v) is 5.04. The second-order valence-corrected chi connectivity index (χ2v) is 6.84. The van der Waals surface area contributed by atoms with Gasteiger partial charge in [0.2, 0.25) is 0 Å². The van der Waals surface area contributed by atoms with E-state index in [2.05, 4.69) is 25.6 Å². The molecule has 4 rings (SSSR count). The summed E-state index contributed by atoms with van der Waals surface area (Å²) in [5, 5.41) is 13.4. The summed E-state index contributed by atoms with van der Waals surface area (Å²) in [6.45, 7) is -2.90. The van der Waals surface area contributed by atoms with E-state index in [1.54, 1.807) is 12.1 Å². The number of fused-ring (bicyclic) bond motifs is 2. The number of hydrogen-bond donors (Lipinski definition) is 3. The second-order valence-electron chi connectivity index (χ2n) is 6.84. The fraction of sp³-hybridized carbons (Fsp3) is 0.444. The van der Waals surface area contributed by atoms with Crippen molar-refractivity contribution in [1.82, 2.24) is 20.8 Å². The van der Waals surface area contributed by atoms with Gasteiger partial charge in [-0.15, -0.1) is 0 Å². The average Bonchev–Trinajstić information content (AvgIpc) is 3.21. The van der Waals surface area contributed by atoms with E-state index in [1.807, 2.05) is 0 Å². The van der Waals surface area contributed by atoms with Crippen molar-refractivity contribution in [2.24, 2.45) is 0 Å². The van der Waals surface area contributed by atoms with Gasteiger partial charge in [-0.05, 0) is 37.8 Å². The van der Waals surface area contributed by atoms with Crippen LogP contribution in [0, 0.1) is 0 Å². The zero-order valence-electron chi connectivity index (χ0n) is 14.0. The van der Waals surface area contributed by atoms with Crippen LogP contribution in [-0.2, 0) is 0 Å². The normalized spacial score (nSPS) is 24.7. The minimum absolute atomic E-state index is 0.0355. The van der Waals surface area contributed by atoms with Crippen LogP contribution >= 0.6 is 0 Å². The summed E-state index contributed by atoms with van der Waals surface area (Å²) in [4.78, 5) is 12.7. The van der Waals surface area contributed by atoms with Crippen molar-refractivity contribution in [1.29, 1.82) is 0 Å². The van der Waals surface area contributed by atoms with Crippen LogP contribution < -0.4 is 15.4 Å². The molecule has 0 radical (unpaired) electrons. The van der Waals surface area contributed by atoms with Crippen molar-refractivity contribution in [2.75, 3.05) is 0 Å². The maximum Gasteiger partial charge on any atom is 0.387 e. The first-order chi connectivity index (χ1) is 12.6. The van der Waals surface area contributed by atoms with Crippen LogP contribution in [0.25, 0.3) is 11.3 Å². The maximum absolute atomic E-state index is 12.7. The minimum atomic E-state index is -2.90. The number of aromatic amines is 1. The number of carbonyl (C=O) groups is 1. The topological polar surface area (TPSA) is 79.0 Å². The molecule has 6 nitrogen and oxygen atoms in total. The molecule has 2 aliphatic rings. The fourth-order valence-electron chi connectivity index (χ4n) is 3.94.